The maximum absolute atomic E-state index is 12.1. The number of hydrogen-bond donors (Lipinski definition) is 0. The van der Waals surface area contributed by atoms with Crippen molar-refractivity contribution >= 4 is 33.9 Å². The maximum atomic E-state index is 12.1. The molecule has 3 nitrogen and oxygen atoms in total. The van der Waals surface area contributed by atoms with Gasteiger partial charge in [0.25, 0.3) is 0 Å². The molecule has 0 bridgehead atoms. The van der Waals surface area contributed by atoms with Gasteiger partial charge in [-0.2, -0.15) is 0 Å². The van der Waals surface area contributed by atoms with Gasteiger partial charge < -0.3 is 4.74 Å². The van der Waals surface area contributed by atoms with Crippen LogP contribution in [0.1, 0.15) is 37.5 Å². The predicted octanol–water partition coefficient (Wildman–Crippen LogP) is 5.09. The van der Waals surface area contributed by atoms with Gasteiger partial charge in [-0.05, 0) is 50.7 Å². The zero-order chi connectivity index (χ0) is 17.3. The summed E-state index contributed by atoms with van der Waals surface area (Å²) in [5.74, 6) is -0.106. The number of ether oxygens (including phenoxy) is 1. The number of aliphatic imine (C=N–C) groups is 1. The van der Waals surface area contributed by atoms with Crippen LogP contribution >= 0.6 is 15.9 Å². The lowest BCUT2D eigenvalue weighted by atomic mass is 9.87. The van der Waals surface area contributed by atoms with Crippen molar-refractivity contribution in [3.8, 4) is 0 Å². The van der Waals surface area contributed by atoms with E-state index in [9.17, 15) is 4.79 Å². The summed E-state index contributed by atoms with van der Waals surface area (Å²) in [6, 6.07) is 15.7. The summed E-state index contributed by atoms with van der Waals surface area (Å²) in [6.45, 7) is 6.51. The van der Waals surface area contributed by atoms with Crippen LogP contribution in [0.5, 0.6) is 0 Å². The fourth-order valence-corrected chi connectivity index (χ4v) is 2.85. The lowest BCUT2D eigenvalue weighted by Crippen LogP contribution is -2.10. The molecule has 0 fully saturated rings. The Balaban J connectivity index is 1.90. The van der Waals surface area contributed by atoms with Crippen LogP contribution in [0.25, 0.3) is 6.08 Å². The average Bonchev–Trinajstić information content (AvgIpc) is 2.88. The summed E-state index contributed by atoms with van der Waals surface area (Å²) in [4.78, 5) is 16.4. The fraction of sp³-hybridized carbons (Fsp3) is 0.200. The predicted molar refractivity (Wildman–Crippen MR) is 99.9 cm³/mol. The van der Waals surface area contributed by atoms with Crippen molar-refractivity contribution in [1.29, 1.82) is 0 Å². The van der Waals surface area contributed by atoms with E-state index in [0.29, 0.717) is 11.6 Å². The molecule has 0 spiro atoms. The van der Waals surface area contributed by atoms with Crippen molar-refractivity contribution in [2.75, 3.05) is 0 Å². The monoisotopic (exact) mass is 383 g/mol. The lowest BCUT2D eigenvalue weighted by Gasteiger charge is -2.18. The first kappa shape index (κ1) is 16.7. The number of halogens is 1. The average molecular weight is 384 g/mol. The molecule has 0 radical (unpaired) electrons. The van der Waals surface area contributed by atoms with Crippen LogP contribution in [-0.4, -0.2) is 11.9 Å². The van der Waals surface area contributed by atoms with Gasteiger partial charge in [0.15, 0.2) is 5.70 Å². The molecule has 0 saturated carbocycles. The van der Waals surface area contributed by atoms with Gasteiger partial charge >= 0.3 is 5.97 Å². The van der Waals surface area contributed by atoms with E-state index in [2.05, 4.69) is 53.8 Å². The SMILES string of the molecule is CC(C)(C)c1ccc(C=C2N=C(c3ccccc3Br)OC2=O)cc1. The summed E-state index contributed by atoms with van der Waals surface area (Å²) >= 11 is 3.45. The summed E-state index contributed by atoms with van der Waals surface area (Å²) < 4.78 is 6.14. The van der Waals surface area contributed by atoms with E-state index < -0.39 is 5.97 Å². The van der Waals surface area contributed by atoms with Crippen molar-refractivity contribution < 1.29 is 9.53 Å². The zero-order valence-corrected chi connectivity index (χ0v) is 15.4. The summed E-state index contributed by atoms with van der Waals surface area (Å²) in [5.41, 5.74) is 3.34. The Hall–Kier alpha value is -2.20. The number of rotatable bonds is 2. The molecule has 1 aliphatic rings. The third kappa shape index (κ3) is 3.49. The summed E-state index contributed by atoms with van der Waals surface area (Å²) in [7, 11) is 0. The Labute approximate surface area is 150 Å². The maximum Gasteiger partial charge on any atom is 0.363 e. The van der Waals surface area contributed by atoms with E-state index in [1.807, 2.05) is 36.4 Å². The summed E-state index contributed by atoms with van der Waals surface area (Å²) in [6.07, 6.45) is 1.75. The topological polar surface area (TPSA) is 38.7 Å². The lowest BCUT2D eigenvalue weighted by molar-refractivity contribution is -0.129. The minimum atomic E-state index is -0.430. The van der Waals surface area contributed by atoms with Gasteiger partial charge in [-0.1, -0.05) is 57.2 Å². The molecule has 2 aromatic rings. The molecule has 1 aliphatic heterocycles. The molecule has 0 aliphatic carbocycles. The molecular weight excluding hydrogens is 366 g/mol. The third-order valence-electron chi connectivity index (χ3n) is 3.80. The van der Waals surface area contributed by atoms with Crippen LogP contribution in [-0.2, 0) is 14.9 Å². The quantitative estimate of drug-likeness (QED) is 0.534. The molecule has 0 saturated heterocycles. The highest BCUT2D eigenvalue weighted by Crippen LogP contribution is 2.25. The van der Waals surface area contributed by atoms with Crippen molar-refractivity contribution in [2.45, 2.75) is 26.2 Å². The highest BCUT2D eigenvalue weighted by molar-refractivity contribution is 9.10. The highest BCUT2D eigenvalue weighted by Gasteiger charge is 2.25. The van der Waals surface area contributed by atoms with Gasteiger partial charge in [-0.25, -0.2) is 9.79 Å². The molecule has 1 heterocycles. The molecule has 3 rings (SSSR count). The van der Waals surface area contributed by atoms with Gasteiger partial charge in [0.1, 0.15) is 0 Å². The van der Waals surface area contributed by atoms with Crippen molar-refractivity contribution in [3.05, 3.63) is 75.4 Å². The number of benzene rings is 2. The molecule has 4 heteroatoms. The molecule has 122 valence electrons. The Morgan fingerprint density at radius 2 is 1.71 bits per heavy atom. The molecule has 0 unspecified atom stereocenters. The van der Waals surface area contributed by atoms with Gasteiger partial charge in [0, 0.05) is 4.47 Å². The highest BCUT2D eigenvalue weighted by atomic mass is 79.9. The molecule has 0 atom stereocenters. The summed E-state index contributed by atoms with van der Waals surface area (Å²) in [5, 5.41) is 0. The van der Waals surface area contributed by atoms with Crippen molar-refractivity contribution in [1.82, 2.24) is 0 Å². The molecule has 24 heavy (non-hydrogen) atoms. The molecular formula is C20H18BrNO2. The van der Waals surface area contributed by atoms with E-state index in [1.165, 1.54) is 5.56 Å². The number of carbonyl (C=O) groups is 1. The fourth-order valence-electron chi connectivity index (χ4n) is 2.40. The Morgan fingerprint density at radius 1 is 1.04 bits per heavy atom. The number of hydrogen-bond acceptors (Lipinski definition) is 3. The number of carbonyl (C=O) groups excluding carboxylic acids is 1. The molecule has 0 amide bonds. The first-order chi connectivity index (χ1) is 11.3. The van der Waals surface area contributed by atoms with Gasteiger partial charge in [-0.15, -0.1) is 0 Å². The van der Waals surface area contributed by atoms with Gasteiger partial charge in [0.05, 0.1) is 5.56 Å². The van der Waals surface area contributed by atoms with Crippen LogP contribution in [0.15, 0.2) is 63.7 Å². The second kappa shape index (κ2) is 6.36. The minimum absolute atomic E-state index is 0.100. The van der Waals surface area contributed by atoms with Crippen LogP contribution in [0, 0.1) is 0 Å². The van der Waals surface area contributed by atoms with Crippen molar-refractivity contribution in [2.24, 2.45) is 4.99 Å². The van der Waals surface area contributed by atoms with Gasteiger partial charge in [-0.3, -0.25) is 0 Å². The molecule has 0 aromatic heterocycles. The second-order valence-corrected chi connectivity index (χ2v) is 7.54. The normalized spacial score (nSPS) is 16.2. The van der Waals surface area contributed by atoms with E-state index >= 15 is 0 Å². The zero-order valence-electron chi connectivity index (χ0n) is 13.8. The van der Waals surface area contributed by atoms with Crippen LogP contribution in [0.4, 0.5) is 0 Å². The van der Waals surface area contributed by atoms with E-state index in [1.54, 1.807) is 6.08 Å². The number of esters is 1. The standard InChI is InChI=1S/C20H18BrNO2/c1-20(2,3)14-10-8-13(9-11-14)12-17-19(23)24-18(22-17)15-6-4-5-7-16(15)21/h4-12H,1-3H3. The Kier molecular flexibility index (Phi) is 4.41. The third-order valence-corrected chi connectivity index (χ3v) is 4.50. The van der Waals surface area contributed by atoms with Crippen molar-refractivity contribution in [3.63, 3.8) is 0 Å². The minimum Gasteiger partial charge on any atom is -0.402 e. The van der Waals surface area contributed by atoms with E-state index in [0.717, 1.165) is 15.6 Å². The molecule has 2 aromatic carbocycles. The van der Waals surface area contributed by atoms with E-state index in [-0.39, 0.29) is 5.41 Å². The largest absolute Gasteiger partial charge is 0.402 e. The smallest absolute Gasteiger partial charge is 0.363 e. The van der Waals surface area contributed by atoms with Crippen LogP contribution < -0.4 is 0 Å². The Bertz CT molecular complexity index is 843. The number of cyclic esters (lactones) is 1. The molecule has 0 N–H and O–H groups in total. The first-order valence-electron chi connectivity index (χ1n) is 7.72. The second-order valence-electron chi connectivity index (χ2n) is 6.69. The van der Waals surface area contributed by atoms with Crippen LogP contribution in [0.2, 0.25) is 0 Å². The number of nitrogens with zero attached hydrogens (tertiary/aromatic N) is 1. The Morgan fingerprint density at radius 3 is 2.33 bits per heavy atom. The van der Waals surface area contributed by atoms with Crippen LogP contribution in [0.3, 0.4) is 0 Å². The van der Waals surface area contributed by atoms with Gasteiger partial charge in [0.2, 0.25) is 5.90 Å². The van der Waals surface area contributed by atoms with E-state index in [4.69, 9.17) is 4.74 Å². The first-order valence-corrected chi connectivity index (χ1v) is 8.52.